The fourth-order valence-electron chi connectivity index (χ4n) is 4.14. The molecule has 4 heterocycles. The van der Waals surface area contributed by atoms with E-state index in [9.17, 15) is 4.79 Å². The second-order valence-electron chi connectivity index (χ2n) is 7.21. The molecule has 1 saturated heterocycles. The van der Waals surface area contributed by atoms with Crippen molar-refractivity contribution in [3.63, 3.8) is 0 Å². The minimum absolute atomic E-state index is 0.0188. The lowest BCUT2D eigenvalue weighted by Crippen LogP contribution is -2.29. The summed E-state index contributed by atoms with van der Waals surface area (Å²) in [6.07, 6.45) is 3.53. The second kappa shape index (κ2) is 6.63. The topological polar surface area (TPSA) is 66.8 Å². The summed E-state index contributed by atoms with van der Waals surface area (Å²) in [4.78, 5) is 27.4. The summed E-state index contributed by atoms with van der Waals surface area (Å²) in [7, 11) is 0. The van der Waals surface area contributed by atoms with Crippen LogP contribution >= 0.6 is 11.6 Å². The maximum Gasteiger partial charge on any atom is 0.270 e. The van der Waals surface area contributed by atoms with Gasteiger partial charge < -0.3 is 14.5 Å². The van der Waals surface area contributed by atoms with Gasteiger partial charge in [-0.25, -0.2) is 9.97 Å². The summed E-state index contributed by atoms with van der Waals surface area (Å²) in [6, 6.07) is 11.6. The normalized spacial score (nSPS) is 17.1. The number of benzene rings is 1. The van der Waals surface area contributed by atoms with E-state index in [1.54, 1.807) is 6.20 Å². The molecular formula is C21H20ClN5O. The number of nitrogens with one attached hydrogen (secondary N) is 1. The Morgan fingerprint density at radius 1 is 1.32 bits per heavy atom. The van der Waals surface area contributed by atoms with Crippen LogP contribution in [0.2, 0.25) is 5.02 Å². The fourth-order valence-corrected chi connectivity index (χ4v) is 4.32. The van der Waals surface area contributed by atoms with E-state index >= 15 is 0 Å². The summed E-state index contributed by atoms with van der Waals surface area (Å²) in [5.74, 6) is 1.04. The van der Waals surface area contributed by atoms with Gasteiger partial charge in [-0.1, -0.05) is 18.5 Å². The maximum atomic E-state index is 13.1. The summed E-state index contributed by atoms with van der Waals surface area (Å²) in [5.41, 5.74) is 3.33. The molecule has 4 aromatic rings. The molecule has 0 bridgehead atoms. The number of aromatic amines is 1. The van der Waals surface area contributed by atoms with Crippen LogP contribution in [0.4, 0.5) is 0 Å². The van der Waals surface area contributed by atoms with Crippen molar-refractivity contribution in [2.24, 2.45) is 0 Å². The first kappa shape index (κ1) is 17.3. The zero-order chi connectivity index (χ0) is 19.3. The summed E-state index contributed by atoms with van der Waals surface area (Å²) >= 11 is 6.06. The predicted molar refractivity (Wildman–Crippen MR) is 110 cm³/mol. The molecule has 1 amide bonds. The Balaban J connectivity index is 1.43. The number of carbonyl (C=O) groups excluding carboxylic acids is 1. The highest BCUT2D eigenvalue weighted by Gasteiger charge is 2.31. The summed E-state index contributed by atoms with van der Waals surface area (Å²) in [5, 5.41) is 1.61. The molecule has 0 radical (unpaired) electrons. The number of fused-ring (bicyclic) bond motifs is 2. The van der Waals surface area contributed by atoms with Gasteiger partial charge >= 0.3 is 0 Å². The van der Waals surface area contributed by atoms with Crippen LogP contribution in [0.15, 0.2) is 42.6 Å². The Morgan fingerprint density at radius 3 is 3.07 bits per heavy atom. The molecule has 6 nitrogen and oxygen atoms in total. The van der Waals surface area contributed by atoms with Crippen molar-refractivity contribution >= 4 is 39.6 Å². The number of imidazole rings is 1. The van der Waals surface area contributed by atoms with Crippen LogP contribution in [0.1, 0.15) is 35.7 Å². The van der Waals surface area contributed by atoms with E-state index < -0.39 is 0 Å². The first-order chi connectivity index (χ1) is 13.6. The van der Waals surface area contributed by atoms with Crippen molar-refractivity contribution in [3.05, 3.63) is 59.1 Å². The number of nitrogens with zero attached hydrogens (tertiary/aromatic N) is 4. The van der Waals surface area contributed by atoms with Gasteiger partial charge in [0.05, 0.1) is 6.04 Å². The van der Waals surface area contributed by atoms with E-state index in [0.29, 0.717) is 17.3 Å². The molecule has 0 unspecified atom stereocenters. The van der Waals surface area contributed by atoms with Crippen molar-refractivity contribution < 1.29 is 4.79 Å². The first-order valence-corrected chi connectivity index (χ1v) is 9.91. The summed E-state index contributed by atoms with van der Waals surface area (Å²) < 4.78 is 2.22. The molecule has 1 aliphatic rings. The molecule has 5 rings (SSSR count). The van der Waals surface area contributed by atoms with E-state index in [4.69, 9.17) is 16.6 Å². The molecule has 0 spiro atoms. The molecule has 142 valence electrons. The largest absolute Gasteiger partial charge is 0.351 e. The van der Waals surface area contributed by atoms with Crippen LogP contribution < -0.4 is 0 Å². The van der Waals surface area contributed by atoms with Gasteiger partial charge in [-0.3, -0.25) is 4.79 Å². The Labute approximate surface area is 167 Å². The number of pyridine rings is 1. The van der Waals surface area contributed by atoms with Crippen LogP contribution in [0.25, 0.3) is 22.1 Å². The molecule has 1 aliphatic heterocycles. The zero-order valence-corrected chi connectivity index (χ0v) is 16.3. The first-order valence-electron chi connectivity index (χ1n) is 9.53. The van der Waals surface area contributed by atoms with Crippen molar-refractivity contribution in [2.45, 2.75) is 25.8 Å². The molecule has 1 atom stereocenters. The highest BCUT2D eigenvalue weighted by atomic mass is 35.5. The van der Waals surface area contributed by atoms with Crippen molar-refractivity contribution in [1.82, 2.24) is 24.4 Å². The smallest absolute Gasteiger partial charge is 0.270 e. The quantitative estimate of drug-likeness (QED) is 0.566. The Bertz CT molecular complexity index is 1190. The molecule has 28 heavy (non-hydrogen) atoms. The third-order valence-electron chi connectivity index (χ3n) is 5.47. The third kappa shape index (κ3) is 2.76. The van der Waals surface area contributed by atoms with Gasteiger partial charge in [-0.2, -0.15) is 0 Å². The number of hydrogen-bond donors (Lipinski definition) is 1. The molecule has 1 N–H and O–H groups in total. The monoisotopic (exact) mass is 393 g/mol. The molecule has 0 saturated carbocycles. The van der Waals surface area contributed by atoms with Crippen LogP contribution in [-0.4, -0.2) is 43.4 Å². The Kier molecular flexibility index (Phi) is 4.09. The van der Waals surface area contributed by atoms with E-state index in [0.717, 1.165) is 47.3 Å². The minimum Gasteiger partial charge on any atom is -0.351 e. The Hall–Kier alpha value is -2.86. The number of halogens is 1. The molecule has 1 aromatic carbocycles. The molecule has 0 aliphatic carbocycles. The standard InChI is InChI=1S/C21H20ClN5O/c1-2-19-25-17-4-3-8-23-20(17)27(19)15-7-9-26(12-15)21(28)18-11-13-10-14(22)5-6-16(13)24-18/h3-6,8,10-11,15,24H,2,7,9,12H2,1H3/t15-/m1/s1. The van der Waals surface area contributed by atoms with Crippen LogP contribution in [0.3, 0.4) is 0 Å². The number of rotatable bonds is 3. The van der Waals surface area contributed by atoms with E-state index in [-0.39, 0.29) is 11.9 Å². The zero-order valence-electron chi connectivity index (χ0n) is 15.5. The van der Waals surface area contributed by atoms with Gasteiger partial charge in [0.15, 0.2) is 5.65 Å². The van der Waals surface area contributed by atoms with Crippen molar-refractivity contribution in [1.29, 1.82) is 0 Å². The lowest BCUT2D eigenvalue weighted by molar-refractivity contribution is 0.0783. The van der Waals surface area contributed by atoms with Crippen LogP contribution in [-0.2, 0) is 6.42 Å². The number of aryl methyl sites for hydroxylation is 1. The molecule has 7 heteroatoms. The van der Waals surface area contributed by atoms with Gasteiger partial charge in [0, 0.05) is 41.6 Å². The average molecular weight is 394 g/mol. The van der Waals surface area contributed by atoms with Gasteiger partial charge in [0.1, 0.15) is 17.0 Å². The summed E-state index contributed by atoms with van der Waals surface area (Å²) in [6.45, 7) is 3.48. The number of H-pyrrole nitrogens is 1. The van der Waals surface area contributed by atoms with Gasteiger partial charge in [-0.05, 0) is 42.8 Å². The fraction of sp³-hybridized carbons (Fsp3) is 0.286. The predicted octanol–water partition coefficient (Wildman–Crippen LogP) is 4.22. The molecule has 3 aromatic heterocycles. The number of aromatic nitrogens is 4. The van der Waals surface area contributed by atoms with E-state index in [1.165, 1.54) is 0 Å². The van der Waals surface area contributed by atoms with Crippen molar-refractivity contribution in [2.75, 3.05) is 13.1 Å². The highest BCUT2D eigenvalue weighted by Crippen LogP contribution is 2.29. The van der Waals surface area contributed by atoms with E-state index in [2.05, 4.69) is 21.5 Å². The number of hydrogen-bond acceptors (Lipinski definition) is 3. The lowest BCUT2D eigenvalue weighted by atomic mass is 10.2. The van der Waals surface area contributed by atoms with Crippen LogP contribution in [0.5, 0.6) is 0 Å². The number of carbonyl (C=O) groups is 1. The highest BCUT2D eigenvalue weighted by molar-refractivity contribution is 6.31. The van der Waals surface area contributed by atoms with Gasteiger partial charge in [0.25, 0.3) is 5.91 Å². The molecular weight excluding hydrogens is 374 g/mol. The number of likely N-dealkylation sites (tertiary alicyclic amines) is 1. The lowest BCUT2D eigenvalue weighted by Gasteiger charge is -2.18. The van der Waals surface area contributed by atoms with Crippen molar-refractivity contribution in [3.8, 4) is 0 Å². The SMILES string of the molecule is CCc1nc2cccnc2n1[C@@H]1CCN(C(=O)c2cc3cc(Cl)ccc3[nH]2)C1. The average Bonchev–Trinajstić information content (AvgIpc) is 3.42. The van der Waals surface area contributed by atoms with Gasteiger partial charge in [0.2, 0.25) is 0 Å². The second-order valence-corrected chi connectivity index (χ2v) is 7.64. The molecule has 1 fully saturated rings. The maximum absolute atomic E-state index is 13.1. The van der Waals surface area contributed by atoms with Crippen LogP contribution in [0, 0.1) is 0 Å². The van der Waals surface area contributed by atoms with E-state index in [1.807, 2.05) is 41.3 Å². The third-order valence-corrected chi connectivity index (χ3v) is 5.70. The number of amides is 1. The minimum atomic E-state index is 0.0188. The Morgan fingerprint density at radius 2 is 2.21 bits per heavy atom. The van der Waals surface area contributed by atoms with Gasteiger partial charge in [-0.15, -0.1) is 0 Å².